The molecule has 0 bridgehead atoms. The number of ether oxygens (including phenoxy) is 2. The zero-order valence-electron chi connectivity index (χ0n) is 18.1. The summed E-state index contributed by atoms with van der Waals surface area (Å²) in [6, 6.07) is 7.00. The van der Waals surface area contributed by atoms with Gasteiger partial charge in [0, 0.05) is 17.4 Å². The second kappa shape index (κ2) is 9.63. The van der Waals surface area contributed by atoms with E-state index in [1.54, 1.807) is 11.4 Å². The van der Waals surface area contributed by atoms with Crippen molar-refractivity contribution in [2.45, 2.75) is 31.2 Å². The lowest BCUT2D eigenvalue weighted by Crippen LogP contribution is -2.55. The molecule has 3 rings (SSSR count). The molecule has 1 aromatic carbocycles. The molecule has 0 saturated carbocycles. The third kappa shape index (κ3) is 5.83. The molecule has 8 nitrogen and oxygen atoms in total. The molecule has 2 heterocycles. The Hall–Kier alpha value is -3.90. The number of carbonyl (C=O) groups is 1. The summed E-state index contributed by atoms with van der Waals surface area (Å²) in [5.41, 5.74) is 0.238. The molecule has 1 aliphatic heterocycles. The number of anilines is 1. The summed E-state index contributed by atoms with van der Waals surface area (Å²) in [4.78, 5) is 16.2. The van der Waals surface area contributed by atoms with E-state index in [9.17, 15) is 35.5 Å². The van der Waals surface area contributed by atoms with Crippen molar-refractivity contribution >= 4 is 11.6 Å². The molecule has 0 saturated heterocycles. The van der Waals surface area contributed by atoms with Crippen LogP contribution in [0.25, 0.3) is 0 Å². The van der Waals surface area contributed by atoms with Crippen LogP contribution in [0.4, 0.5) is 36.4 Å². The minimum Gasteiger partial charge on any atom is -0.483 e. The number of amides is 1. The van der Waals surface area contributed by atoms with E-state index in [0.717, 1.165) is 31.3 Å². The quantitative estimate of drug-likeness (QED) is 0.514. The highest BCUT2D eigenvalue weighted by atomic mass is 19.4. The zero-order valence-corrected chi connectivity index (χ0v) is 18.1. The van der Waals surface area contributed by atoms with Gasteiger partial charge in [0.15, 0.2) is 30.0 Å². The Balaban J connectivity index is 2.05. The van der Waals surface area contributed by atoms with Crippen molar-refractivity contribution in [3.05, 3.63) is 70.6 Å². The van der Waals surface area contributed by atoms with Gasteiger partial charge in [-0.3, -0.25) is 10.5 Å². The molecular weight excluding hydrogens is 503 g/mol. The lowest BCUT2D eigenvalue weighted by Gasteiger charge is -2.41. The van der Waals surface area contributed by atoms with Crippen LogP contribution in [0, 0.1) is 17.1 Å². The first-order valence-electron chi connectivity index (χ1n) is 9.83. The molecule has 1 amide bonds. The van der Waals surface area contributed by atoms with E-state index in [1.165, 1.54) is 12.1 Å². The number of hydrogen-bond acceptors (Lipinski definition) is 7. The van der Waals surface area contributed by atoms with E-state index >= 15 is 0 Å². The Morgan fingerprint density at radius 2 is 1.97 bits per heavy atom. The van der Waals surface area contributed by atoms with Crippen molar-refractivity contribution < 1.29 is 45.0 Å². The van der Waals surface area contributed by atoms with Crippen molar-refractivity contribution in [1.29, 1.82) is 5.26 Å². The Morgan fingerprint density at radius 1 is 1.28 bits per heavy atom. The van der Waals surface area contributed by atoms with Gasteiger partial charge in [0.1, 0.15) is 17.6 Å². The third-order valence-corrected chi connectivity index (χ3v) is 4.84. The van der Waals surface area contributed by atoms with Crippen molar-refractivity contribution in [3.63, 3.8) is 0 Å². The highest BCUT2D eigenvalue weighted by Gasteiger charge is 2.52. The maximum absolute atomic E-state index is 14.9. The summed E-state index contributed by atoms with van der Waals surface area (Å²) in [5, 5.41) is 12.8. The molecule has 0 aliphatic carbocycles. The van der Waals surface area contributed by atoms with Gasteiger partial charge in [-0.15, -0.1) is 0 Å². The maximum Gasteiger partial charge on any atom is 0.434 e. The normalized spacial score (nSPS) is 20.4. The fraction of sp³-hybridized carbons (Fsp3) is 0.286. The van der Waals surface area contributed by atoms with Gasteiger partial charge in [-0.2, -0.15) is 31.6 Å². The number of alkyl halides is 6. The number of nitrogens with two attached hydrogens (primary N) is 1. The average Bonchev–Trinajstić information content (AvgIpc) is 2.78. The fourth-order valence-electron chi connectivity index (χ4n) is 3.30. The highest BCUT2D eigenvalue weighted by molar-refractivity contribution is 6.02. The topological polar surface area (TPSA) is 122 Å². The van der Waals surface area contributed by atoms with Crippen LogP contribution in [-0.4, -0.2) is 36.2 Å². The molecule has 4 N–H and O–H groups in total. The predicted octanol–water partition coefficient (Wildman–Crippen LogP) is 3.77. The molecule has 0 radical (unpaired) electrons. The minimum atomic E-state index is -5.27. The molecule has 1 aromatic heterocycles. The Kier molecular flexibility index (Phi) is 7.14. The molecule has 15 heteroatoms. The second-order valence-corrected chi connectivity index (χ2v) is 7.51. The number of carbonyl (C=O) groups excluding carboxylic acids is 1. The summed E-state index contributed by atoms with van der Waals surface area (Å²) in [6.07, 6.45) is -11.1. The number of rotatable bonds is 5. The van der Waals surface area contributed by atoms with Crippen molar-refractivity contribution in [1.82, 2.24) is 10.3 Å². The van der Waals surface area contributed by atoms with E-state index in [4.69, 9.17) is 15.7 Å². The first-order valence-corrected chi connectivity index (χ1v) is 9.83. The monoisotopic (exact) mass is 519 g/mol. The maximum atomic E-state index is 14.9. The van der Waals surface area contributed by atoms with Gasteiger partial charge in [-0.25, -0.2) is 9.37 Å². The van der Waals surface area contributed by atoms with Crippen LogP contribution in [0.5, 0.6) is 0 Å². The number of nitrogens with zero attached hydrogens (tertiary/aromatic N) is 2. The summed E-state index contributed by atoms with van der Waals surface area (Å²) in [7, 11) is 0. The number of aromatic nitrogens is 1. The van der Waals surface area contributed by atoms with Crippen molar-refractivity contribution in [2.75, 3.05) is 11.9 Å². The molecule has 1 unspecified atom stereocenters. The van der Waals surface area contributed by atoms with E-state index in [1.807, 2.05) is 0 Å². The fourth-order valence-corrected chi connectivity index (χ4v) is 3.30. The number of pyridine rings is 1. The van der Waals surface area contributed by atoms with Crippen LogP contribution in [-0.2, 0) is 15.1 Å². The standard InChI is InChI=1S/C21H16F7N5O3/c1-19(16(35-9-20(23,24)25)15(21(26,27)28)33-18(30)36-19)12-6-11(3-4-13(12)22)32-17(34)14-5-2-10(7-29)8-31-14/h2-6,8,18,33H,9,30H2,1H3,(H,32,34)/t18?,19-/m1/s1. The Morgan fingerprint density at radius 3 is 2.53 bits per heavy atom. The number of hydrogen-bond donors (Lipinski definition) is 3. The predicted molar refractivity (Wildman–Crippen MR) is 108 cm³/mol. The lowest BCUT2D eigenvalue weighted by molar-refractivity contribution is -0.194. The third-order valence-electron chi connectivity index (χ3n) is 4.84. The summed E-state index contributed by atoms with van der Waals surface area (Å²) in [5.74, 6) is -3.42. The Labute approximate surface area is 198 Å². The number of halogens is 7. The van der Waals surface area contributed by atoms with Gasteiger partial charge in [0.05, 0.1) is 5.56 Å². The van der Waals surface area contributed by atoms with Crippen LogP contribution in [0.2, 0.25) is 0 Å². The summed E-state index contributed by atoms with van der Waals surface area (Å²) in [6.45, 7) is -1.29. The molecule has 0 fully saturated rings. The molecule has 192 valence electrons. The first kappa shape index (κ1) is 26.7. The number of nitrogens with one attached hydrogen (secondary N) is 2. The number of benzene rings is 1. The van der Waals surface area contributed by atoms with Crippen molar-refractivity contribution in [3.8, 4) is 6.07 Å². The van der Waals surface area contributed by atoms with E-state index in [2.05, 4.69) is 15.0 Å². The Bertz CT molecular complexity index is 1220. The number of nitriles is 1. The van der Waals surface area contributed by atoms with Gasteiger partial charge in [-0.1, -0.05) is 0 Å². The molecule has 36 heavy (non-hydrogen) atoms. The van der Waals surface area contributed by atoms with Crippen LogP contribution >= 0.6 is 0 Å². The molecule has 2 aromatic rings. The van der Waals surface area contributed by atoms with Gasteiger partial charge in [-0.05, 0) is 37.3 Å². The van der Waals surface area contributed by atoms with Crippen LogP contribution in [0.15, 0.2) is 48.0 Å². The minimum absolute atomic E-state index is 0.153. The summed E-state index contributed by atoms with van der Waals surface area (Å²) >= 11 is 0. The van der Waals surface area contributed by atoms with Crippen LogP contribution in [0.1, 0.15) is 28.5 Å². The highest BCUT2D eigenvalue weighted by Crippen LogP contribution is 2.44. The van der Waals surface area contributed by atoms with Crippen LogP contribution in [0.3, 0.4) is 0 Å². The first-order chi connectivity index (χ1) is 16.6. The van der Waals surface area contributed by atoms with E-state index in [-0.39, 0.29) is 16.9 Å². The van der Waals surface area contributed by atoms with E-state index in [0.29, 0.717) is 0 Å². The lowest BCUT2D eigenvalue weighted by atomic mass is 9.90. The van der Waals surface area contributed by atoms with Gasteiger partial charge < -0.3 is 20.1 Å². The van der Waals surface area contributed by atoms with E-state index < -0.39 is 59.7 Å². The van der Waals surface area contributed by atoms with Gasteiger partial charge in [0.25, 0.3) is 5.91 Å². The molecule has 1 aliphatic rings. The van der Waals surface area contributed by atoms with Gasteiger partial charge >= 0.3 is 12.4 Å². The largest absolute Gasteiger partial charge is 0.483 e. The van der Waals surface area contributed by atoms with Crippen molar-refractivity contribution in [2.24, 2.45) is 5.73 Å². The molecule has 0 spiro atoms. The SMILES string of the molecule is C[C@]1(c2cc(NC(=O)c3ccc(C#N)cn3)ccc2F)OC(N)NC(C(F)(F)F)=C1OCC(F)(F)F. The second-order valence-electron chi connectivity index (χ2n) is 7.51. The average molecular weight is 519 g/mol. The van der Waals surface area contributed by atoms with Gasteiger partial charge in [0.2, 0.25) is 0 Å². The van der Waals surface area contributed by atoms with Crippen LogP contribution < -0.4 is 16.4 Å². The number of allylic oxidation sites excluding steroid dienone is 1. The zero-order chi connectivity index (χ0) is 26.9. The summed E-state index contributed by atoms with van der Waals surface area (Å²) < 4.78 is 104. The molecule has 2 atom stereocenters. The molecular formula is C21H16F7N5O3. The smallest absolute Gasteiger partial charge is 0.434 e.